The second-order valence-corrected chi connectivity index (χ2v) is 12.3. The highest BCUT2D eigenvalue weighted by molar-refractivity contribution is 5.68. The second kappa shape index (κ2) is 10.1. The number of ether oxygens (including phenoxy) is 1. The van der Waals surface area contributed by atoms with Crippen LogP contribution in [0, 0.1) is 17.8 Å². The highest BCUT2D eigenvalue weighted by Crippen LogP contribution is 2.43. The Morgan fingerprint density at radius 3 is 2.41 bits per heavy atom. The number of hydrogen-bond acceptors (Lipinski definition) is 6. The average molecular weight is 519 g/mol. The lowest BCUT2D eigenvalue weighted by atomic mass is 9.81. The van der Waals surface area contributed by atoms with E-state index in [1.807, 2.05) is 12.3 Å². The van der Waals surface area contributed by atoms with Gasteiger partial charge in [0.05, 0.1) is 24.1 Å². The zero-order valence-electron chi connectivity index (χ0n) is 22.1. The molecule has 3 aliphatic rings. The van der Waals surface area contributed by atoms with Gasteiger partial charge in [0.15, 0.2) is 5.65 Å². The lowest BCUT2D eigenvalue weighted by Gasteiger charge is -2.33. The van der Waals surface area contributed by atoms with Crippen molar-refractivity contribution in [3.05, 3.63) is 29.7 Å². The minimum Gasteiger partial charge on any atom is -0.444 e. The summed E-state index contributed by atoms with van der Waals surface area (Å²) >= 11 is 0. The van der Waals surface area contributed by atoms with Gasteiger partial charge in [-0.15, -0.1) is 0 Å². The highest BCUT2D eigenvalue weighted by Gasteiger charge is 2.40. The smallest absolute Gasteiger partial charge is 0.408 e. The maximum Gasteiger partial charge on any atom is 0.408 e. The highest BCUT2D eigenvalue weighted by atomic mass is 19.3. The molecular weight excluding hydrogens is 478 g/mol. The maximum atomic E-state index is 13.9. The second-order valence-electron chi connectivity index (χ2n) is 12.3. The number of amides is 1. The van der Waals surface area contributed by atoms with Crippen LogP contribution >= 0.6 is 0 Å². The van der Waals surface area contributed by atoms with Crippen LogP contribution in [0.15, 0.2) is 18.5 Å². The molecule has 3 fully saturated rings. The van der Waals surface area contributed by atoms with Crippen molar-refractivity contribution in [1.82, 2.24) is 25.2 Å². The van der Waals surface area contributed by atoms with Crippen molar-refractivity contribution >= 4 is 11.7 Å². The largest absolute Gasteiger partial charge is 0.444 e. The third-order valence-electron chi connectivity index (χ3n) is 7.84. The van der Waals surface area contributed by atoms with Gasteiger partial charge in [0.1, 0.15) is 5.60 Å². The molecule has 10 heteroatoms. The SMILES string of the molecule is CC(C)(C)OC(=O)N[C@H](c1cn2ncc([C@H](NC[C@H](N)C3CC3)C3CC3)cc2n1)C1CCC(F)(F)CC1. The number of rotatable bonds is 9. The lowest BCUT2D eigenvalue weighted by Crippen LogP contribution is -2.40. The molecule has 2 heterocycles. The van der Waals surface area contributed by atoms with E-state index in [-0.39, 0.29) is 30.8 Å². The summed E-state index contributed by atoms with van der Waals surface area (Å²) in [5.41, 5.74) is 8.01. The number of imidazole rings is 1. The van der Waals surface area contributed by atoms with Crippen LogP contribution in [-0.2, 0) is 4.74 Å². The number of nitrogens with zero attached hydrogens (tertiary/aromatic N) is 3. The fraction of sp³-hybridized carbons (Fsp3) is 0.741. The fourth-order valence-corrected chi connectivity index (χ4v) is 5.43. The van der Waals surface area contributed by atoms with Crippen molar-refractivity contribution < 1.29 is 18.3 Å². The summed E-state index contributed by atoms with van der Waals surface area (Å²) in [7, 11) is 0. The first-order chi connectivity index (χ1) is 17.5. The van der Waals surface area contributed by atoms with E-state index in [9.17, 15) is 13.6 Å². The van der Waals surface area contributed by atoms with Crippen LogP contribution in [0.2, 0.25) is 0 Å². The van der Waals surface area contributed by atoms with E-state index in [0.29, 0.717) is 36.0 Å². The third-order valence-corrected chi connectivity index (χ3v) is 7.84. The van der Waals surface area contributed by atoms with Crippen LogP contribution in [0.25, 0.3) is 5.65 Å². The molecule has 8 nitrogen and oxygen atoms in total. The van der Waals surface area contributed by atoms with Crippen LogP contribution < -0.4 is 16.4 Å². The quantitative estimate of drug-likeness (QED) is 0.436. The zero-order chi connectivity index (χ0) is 26.4. The van der Waals surface area contributed by atoms with Crippen LogP contribution in [-0.4, -0.2) is 44.8 Å². The summed E-state index contributed by atoms with van der Waals surface area (Å²) in [5, 5.41) is 11.2. The van der Waals surface area contributed by atoms with E-state index in [2.05, 4.69) is 15.7 Å². The molecule has 3 aliphatic carbocycles. The number of alkyl carbamates (subject to hydrolysis) is 1. The van der Waals surface area contributed by atoms with Gasteiger partial charge in [-0.1, -0.05) is 0 Å². The van der Waals surface area contributed by atoms with E-state index in [1.54, 1.807) is 31.5 Å². The summed E-state index contributed by atoms with van der Waals surface area (Å²) in [6, 6.07) is 1.86. The van der Waals surface area contributed by atoms with Gasteiger partial charge in [0, 0.05) is 31.5 Å². The summed E-state index contributed by atoms with van der Waals surface area (Å²) in [5.74, 6) is -1.62. The first-order valence-electron chi connectivity index (χ1n) is 13.7. The predicted molar refractivity (Wildman–Crippen MR) is 136 cm³/mol. The fourth-order valence-electron chi connectivity index (χ4n) is 5.43. The van der Waals surface area contributed by atoms with Crippen molar-refractivity contribution in [2.75, 3.05) is 6.54 Å². The van der Waals surface area contributed by atoms with Crippen LogP contribution in [0.4, 0.5) is 13.6 Å². The molecule has 0 unspecified atom stereocenters. The lowest BCUT2D eigenvalue weighted by molar-refractivity contribution is -0.0500. The molecule has 2 aromatic rings. The van der Waals surface area contributed by atoms with Gasteiger partial charge in [-0.2, -0.15) is 5.10 Å². The molecule has 4 N–H and O–H groups in total. The van der Waals surface area contributed by atoms with E-state index < -0.39 is 23.7 Å². The molecule has 5 rings (SSSR count). The number of nitrogens with one attached hydrogen (secondary N) is 2. The number of halogens is 2. The standard InChI is InChI=1S/C27H40F2N6O2/c1-26(2,3)37-25(36)34-24(18-8-10-27(28,29)11-9-18)21-15-35-22(33-21)12-19(13-32-35)23(17-6-7-17)31-14-20(30)16-4-5-16/h12-13,15-18,20,23-24,31H,4-11,14,30H2,1-3H3,(H,34,36)/t20-,23+,24-/m0/s1. The zero-order valence-corrected chi connectivity index (χ0v) is 22.1. The first-order valence-corrected chi connectivity index (χ1v) is 13.7. The Hall–Kier alpha value is -2.33. The van der Waals surface area contributed by atoms with Gasteiger partial charge in [-0.25, -0.2) is 23.1 Å². The third kappa shape index (κ3) is 6.76. The summed E-state index contributed by atoms with van der Waals surface area (Å²) in [6.07, 6.45) is 8.08. The molecule has 37 heavy (non-hydrogen) atoms. The molecule has 0 radical (unpaired) electrons. The van der Waals surface area contributed by atoms with Crippen molar-refractivity contribution in [3.63, 3.8) is 0 Å². The molecule has 0 saturated heterocycles. The van der Waals surface area contributed by atoms with Crippen LogP contribution in [0.1, 0.15) is 95.5 Å². The molecule has 0 bridgehead atoms. The van der Waals surface area contributed by atoms with Crippen molar-refractivity contribution in [2.45, 2.75) is 102 Å². The van der Waals surface area contributed by atoms with Gasteiger partial charge in [-0.05, 0) is 88.7 Å². The number of alkyl halides is 2. The summed E-state index contributed by atoms with van der Waals surface area (Å²) in [6.45, 7) is 6.16. The molecule has 3 atom stereocenters. The molecule has 0 aliphatic heterocycles. The topological polar surface area (TPSA) is 107 Å². The van der Waals surface area contributed by atoms with Crippen molar-refractivity contribution in [2.24, 2.45) is 23.5 Å². The van der Waals surface area contributed by atoms with Gasteiger partial charge < -0.3 is 21.1 Å². The van der Waals surface area contributed by atoms with Crippen molar-refractivity contribution in [3.8, 4) is 0 Å². The minimum absolute atomic E-state index is 0.165. The Morgan fingerprint density at radius 2 is 1.78 bits per heavy atom. The molecule has 0 spiro atoms. The molecule has 2 aromatic heterocycles. The minimum atomic E-state index is -2.66. The molecular formula is C27H40F2N6O2. The number of carbonyl (C=O) groups is 1. The number of fused-ring (bicyclic) bond motifs is 1. The average Bonchev–Trinajstić information content (AvgIpc) is 3.73. The first kappa shape index (κ1) is 26.3. The van der Waals surface area contributed by atoms with E-state index in [4.69, 9.17) is 15.5 Å². The monoisotopic (exact) mass is 518 g/mol. The normalized spacial score (nSPS) is 23.0. The van der Waals surface area contributed by atoms with E-state index in [1.165, 1.54) is 25.7 Å². The van der Waals surface area contributed by atoms with E-state index in [0.717, 1.165) is 12.1 Å². The number of hydrogen-bond donors (Lipinski definition) is 3. The summed E-state index contributed by atoms with van der Waals surface area (Å²) in [4.78, 5) is 17.5. The molecule has 1 amide bonds. The Morgan fingerprint density at radius 1 is 1.14 bits per heavy atom. The van der Waals surface area contributed by atoms with Gasteiger partial charge in [0.2, 0.25) is 5.92 Å². The molecule has 204 valence electrons. The number of aromatic nitrogens is 3. The summed E-state index contributed by atoms with van der Waals surface area (Å²) < 4.78 is 35.0. The van der Waals surface area contributed by atoms with Gasteiger partial charge in [0.25, 0.3) is 0 Å². The van der Waals surface area contributed by atoms with E-state index >= 15 is 0 Å². The Bertz CT molecular complexity index is 1100. The molecule has 0 aromatic carbocycles. The predicted octanol–water partition coefficient (Wildman–Crippen LogP) is 4.90. The van der Waals surface area contributed by atoms with Crippen molar-refractivity contribution in [1.29, 1.82) is 0 Å². The van der Waals surface area contributed by atoms with Crippen LogP contribution in [0.3, 0.4) is 0 Å². The Balaban J connectivity index is 1.37. The van der Waals surface area contributed by atoms with Gasteiger partial charge in [-0.3, -0.25) is 0 Å². The van der Waals surface area contributed by atoms with Gasteiger partial charge >= 0.3 is 6.09 Å². The number of nitrogens with two attached hydrogens (primary N) is 1. The number of carbonyl (C=O) groups excluding carboxylic acids is 1. The maximum absolute atomic E-state index is 13.9. The van der Waals surface area contributed by atoms with Crippen LogP contribution in [0.5, 0.6) is 0 Å². The molecule has 3 saturated carbocycles. The Kier molecular flexibility index (Phi) is 7.17. The Labute approximate surface area is 217 Å².